The van der Waals surface area contributed by atoms with Crippen LogP contribution in [0.3, 0.4) is 0 Å². The highest BCUT2D eigenvalue weighted by Crippen LogP contribution is 2.19. The molecule has 0 saturated heterocycles. The van der Waals surface area contributed by atoms with Gasteiger partial charge in [-0.2, -0.15) is 5.26 Å². The van der Waals surface area contributed by atoms with E-state index in [1.54, 1.807) is 0 Å². The molecule has 1 aliphatic rings. The Bertz CT molecular complexity index is 1140. The molecular weight excluding hydrogens is 332 g/mol. The number of nitrogens with zero attached hydrogens (tertiary/aromatic N) is 4. The third kappa shape index (κ3) is 2.56. The van der Waals surface area contributed by atoms with Gasteiger partial charge in [-0.25, -0.2) is 9.78 Å². The van der Waals surface area contributed by atoms with Crippen molar-refractivity contribution in [2.24, 2.45) is 0 Å². The standard InChI is InChI=1S/C19H16N4O3/c1-12-4-6-13(7-5-12)17-21-14(11-26-17)10-23-18(24)15(9-20)16-3-2-8-22(16)19(23)25/h4-7,11H,2-3,8,10H2,1H3. The van der Waals surface area contributed by atoms with Gasteiger partial charge in [0.15, 0.2) is 0 Å². The van der Waals surface area contributed by atoms with Gasteiger partial charge in [-0.3, -0.25) is 13.9 Å². The highest BCUT2D eigenvalue weighted by atomic mass is 16.3. The van der Waals surface area contributed by atoms with Gasteiger partial charge in [-0.1, -0.05) is 17.7 Å². The average Bonchev–Trinajstić information content (AvgIpc) is 3.29. The lowest BCUT2D eigenvalue weighted by Gasteiger charge is -2.09. The Hall–Kier alpha value is -3.40. The zero-order chi connectivity index (χ0) is 18.3. The van der Waals surface area contributed by atoms with Crippen LogP contribution in [0.1, 0.15) is 28.9 Å². The van der Waals surface area contributed by atoms with E-state index in [1.165, 1.54) is 10.8 Å². The summed E-state index contributed by atoms with van der Waals surface area (Å²) in [6.07, 6.45) is 2.77. The number of nitriles is 1. The molecule has 3 heterocycles. The lowest BCUT2D eigenvalue weighted by atomic mass is 10.1. The number of aryl methyl sites for hydroxylation is 1. The second-order valence-corrected chi connectivity index (χ2v) is 6.37. The normalized spacial score (nSPS) is 12.8. The van der Waals surface area contributed by atoms with E-state index >= 15 is 0 Å². The van der Waals surface area contributed by atoms with Gasteiger partial charge in [0.05, 0.1) is 12.2 Å². The van der Waals surface area contributed by atoms with Crippen molar-refractivity contribution in [1.82, 2.24) is 14.1 Å². The maximum atomic E-state index is 12.6. The van der Waals surface area contributed by atoms with E-state index in [2.05, 4.69) is 4.98 Å². The second-order valence-electron chi connectivity index (χ2n) is 6.37. The quantitative estimate of drug-likeness (QED) is 0.720. The number of fused-ring (bicyclic) bond motifs is 1. The van der Waals surface area contributed by atoms with Crippen LogP contribution in [0.2, 0.25) is 0 Å². The van der Waals surface area contributed by atoms with Gasteiger partial charge in [0, 0.05) is 17.8 Å². The first-order valence-corrected chi connectivity index (χ1v) is 8.36. The SMILES string of the molecule is Cc1ccc(-c2nc(Cn3c(=O)c(C#N)c4n(c3=O)CCC4)co2)cc1. The number of hydrogen-bond acceptors (Lipinski definition) is 5. The van der Waals surface area contributed by atoms with E-state index in [-0.39, 0.29) is 12.1 Å². The van der Waals surface area contributed by atoms with Crippen molar-refractivity contribution in [2.75, 3.05) is 0 Å². The zero-order valence-electron chi connectivity index (χ0n) is 14.2. The molecule has 1 aliphatic heterocycles. The molecule has 3 aromatic rings. The van der Waals surface area contributed by atoms with Crippen LogP contribution in [-0.2, 0) is 19.5 Å². The predicted molar refractivity (Wildman–Crippen MR) is 93.8 cm³/mol. The second kappa shape index (κ2) is 6.15. The fourth-order valence-corrected chi connectivity index (χ4v) is 3.26. The van der Waals surface area contributed by atoms with E-state index in [0.29, 0.717) is 30.2 Å². The molecule has 0 N–H and O–H groups in total. The molecule has 0 fully saturated rings. The lowest BCUT2D eigenvalue weighted by Crippen LogP contribution is -2.42. The van der Waals surface area contributed by atoms with E-state index < -0.39 is 11.2 Å². The highest BCUT2D eigenvalue weighted by Gasteiger charge is 2.23. The summed E-state index contributed by atoms with van der Waals surface area (Å²) in [7, 11) is 0. The van der Waals surface area contributed by atoms with Crippen LogP contribution in [0.4, 0.5) is 0 Å². The molecule has 1 aromatic carbocycles. The summed E-state index contributed by atoms with van der Waals surface area (Å²) in [6, 6.07) is 9.65. The molecule has 0 atom stereocenters. The van der Waals surface area contributed by atoms with Gasteiger partial charge >= 0.3 is 5.69 Å². The third-order valence-corrected chi connectivity index (χ3v) is 4.61. The number of hydrogen-bond donors (Lipinski definition) is 0. The van der Waals surface area contributed by atoms with E-state index in [9.17, 15) is 14.9 Å². The molecule has 26 heavy (non-hydrogen) atoms. The molecule has 7 heteroatoms. The lowest BCUT2D eigenvalue weighted by molar-refractivity contribution is 0.566. The molecule has 0 spiro atoms. The van der Waals surface area contributed by atoms with Crippen molar-refractivity contribution in [3.8, 4) is 17.5 Å². The number of rotatable bonds is 3. The molecule has 0 bridgehead atoms. The fraction of sp³-hybridized carbons (Fsp3) is 0.263. The number of benzene rings is 1. The first kappa shape index (κ1) is 16.1. The summed E-state index contributed by atoms with van der Waals surface area (Å²) in [5, 5.41) is 9.33. The van der Waals surface area contributed by atoms with Crippen LogP contribution >= 0.6 is 0 Å². The Balaban J connectivity index is 1.73. The maximum absolute atomic E-state index is 12.6. The molecule has 0 saturated carbocycles. The van der Waals surface area contributed by atoms with E-state index in [0.717, 1.165) is 22.1 Å². The van der Waals surface area contributed by atoms with E-state index in [4.69, 9.17) is 4.42 Å². The van der Waals surface area contributed by atoms with E-state index in [1.807, 2.05) is 37.3 Å². The zero-order valence-corrected chi connectivity index (χ0v) is 14.2. The monoisotopic (exact) mass is 348 g/mol. The minimum atomic E-state index is -0.564. The molecule has 7 nitrogen and oxygen atoms in total. The Morgan fingerprint density at radius 2 is 2.04 bits per heavy atom. The third-order valence-electron chi connectivity index (χ3n) is 4.61. The Morgan fingerprint density at radius 1 is 1.27 bits per heavy atom. The average molecular weight is 348 g/mol. The van der Waals surface area contributed by atoms with Crippen molar-refractivity contribution in [3.05, 3.63) is 73.9 Å². The summed E-state index contributed by atoms with van der Waals surface area (Å²) >= 11 is 0. The maximum Gasteiger partial charge on any atom is 0.331 e. The van der Waals surface area contributed by atoms with Gasteiger partial charge in [0.2, 0.25) is 5.89 Å². The summed E-state index contributed by atoms with van der Waals surface area (Å²) in [5.74, 6) is 0.426. The van der Waals surface area contributed by atoms with Crippen molar-refractivity contribution in [2.45, 2.75) is 32.9 Å². The molecule has 130 valence electrons. The minimum absolute atomic E-state index is 0.0258. The molecule has 0 radical (unpaired) electrons. The summed E-state index contributed by atoms with van der Waals surface area (Å²) in [5.41, 5.74) is 2.03. The van der Waals surface area contributed by atoms with Gasteiger partial charge in [-0.05, 0) is 31.9 Å². The van der Waals surface area contributed by atoms with Gasteiger partial charge in [0.25, 0.3) is 5.56 Å². The Morgan fingerprint density at radius 3 is 2.77 bits per heavy atom. The van der Waals surface area contributed by atoms with Crippen LogP contribution in [-0.4, -0.2) is 14.1 Å². The molecule has 4 rings (SSSR count). The molecule has 0 amide bonds. The minimum Gasteiger partial charge on any atom is -0.444 e. The van der Waals surface area contributed by atoms with Crippen molar-refractivity contribution in [3.63, 3.8) is 0 Å². The Kier molecular flexibility index (Phi) is 3.81. The predicted octanol–water partition coefficient (Wildman–Crippen LogP) is 1.84. The van der Waals surface area contributed by atoms with Crippen molar-refractivity contribution < 1.29 is 4.42 Å². The molecule has 0 aliphatic carbocycles. The smallest absolute Gasteiger partial charge is 0.331 e. The van der Waals surface area contributed by atoms with Crippen LogP contribution in [0.5, 0.6) is 0 Å². The van der Waals surface area contributed by atoms with Gasteiger partial charge in [-0.15, -0.1) is 0 Å². The van der Waals surface area contributed by atoms with Crippen molar-refractivity contribution in [1.29, 1.82) is 5.26 Å². The van der Waals surface area contributed by atoms with Crippen LogP contribution in [0, 0.1) is 18.3 Å². The number of oxazole rings is 1. The fourth-order valence-electron chi connectivity index (χ4n) is 3.26. The van der Waals surface area contributed by atoms with Crippen LogP contribution in [0.15, 0.2) is 44.5 Å². The molecular formula is C19H16N4O3. The number of aromatic nitrogens is 3. The molecule has 0 unspecified atom stereocenters. The van der Waals surface area contributed by atoms with Crippen LogP contribution < -0.4 is 11.2 Å². The van der Waals surface area contributed by atoms with Crippen LogP contribution in [0.25, 0.3) is 11.5 Å². The summed E-state index contributed by atoms with van der Waals surface area (Å²) < 4.78 is 8.07. The first-order chi connectivity index (χ1) is 12.6. The summed E-state index contributed by atoms with van der Waals surface area (Å²) in [4.78, 5) is 29.6. The first-order valence-electron chi connectivity index (χ1n) is 8.36. The van der Waals surface area contributed by atoms with Crippen molar-refractivity contribution >= 4 is 0 Å². The summed E-state index contributed by atoms with van der Waals surface area (Å²) in [6.45, 7) is 2.49. The van der Waals surface area contributed by atoms with Gasteiger partial charge < -0.3 is 4.42 Å². The topological polar surface area (TPSA) is 93.8 Å². The molecule has 2 aromatic heterocycles. The largest absolute Gasteiger partial charge is 0.444 e. The highest BCUT2D eigenvalue weighted by molar-refractivity contribution is 5.53. The Labute approximate surface area is 148 Å². The van der Waals surface area contributed by atoms with Gasteiger partial charge in [0.1, 0.15) is 17.9 Å².